The molecule has 0 aromatic heterocycles. The van der Waals surface area contributed by atoms with Gasteiger partial charge in [-0.05, 0) is 29.3 Å². The summed E-state index contributed by atoms with van der Waals surface area (Å²) in [7, 11) is 1.74. The van der Waals surface area contributed by atoms with Crippen molar-refractivity contribution < 1.29 is 9.53 Å². The third-order valence-corrected chi connectivity index (χ3v) is 4.14. The molecular weight excluding hydrogens is 328 g/mol. The molecule has 1 aliphatic rings. The second kappa shape index (κ2) is 8.38. The molecule has 0 bridgehead atoms. The molecule has 0 spiro atoms. The monoisotopic (exact) mass is 352 g/mol. The maximum Gasteiger partial charge on any atom is 0.221 e. The van der Waals surface area contributed by atoms with Crippen molar-refractivity contribution in [1.29, 1.82) is 0 Å². The van der Waals surface area contributed by atoms with Gasteiger partial charge in [0, 0.05) is 32.6 Å². The van der Waals surface area contributed by atoms with Crippen molar-refractivity contribution in [3.63, 3.8) is 0 Å². The predicted molar refractivity (Wildman–Crippen MR) is 104 cm³/mol. The van der Waals surface area contributed by atoms with E-state index in [2.05, 4.69) is 27.0 Å². The molecule has 1 heterocycles. The van der Waals surface area contributed by atoms with Crippen LogP contribution in [0.4, 0.5) is 5.69 Å². The Labute approximate surface area is 153 Å². The summed E-state index contributed by atoms with van der Waals surface area (Å²) in [5.74, 6) is 1.61. The zero-order chi connectivity index (χ0) is 18.4. The lowest BCUT2D eigenvalue weighted by Gasteiger charge is -2.16. The highest BCUT2D eigenvalue weighted by atomic mass is 16.5. The predicted octanol–water partition coefficient (Wildman–Crippen LogP) is 2.31. The molecule has 1 aliphatic heterocycles. The van der Waals surface area contributed by atoms with Crippen molar-refractivity contribution in [2.24, 2.45) is 4.99 Å². The molecule has 1 amide bonds. The fourth-order valence-corrected chi connectivity index (χ4v) is 2.95. The summed E-state index contributed by atoms with van der Waals surface area (Å²) in [5, 5.41) is 9.38. The molecule has 0 radical (unpaired) electrons. The number of guanidine groups is 1. The fraction of sp³-hybridized carbons (Fsp3) is 0.300. The van der Waals surface area contributed by atoms with Crippen molar-refractivity contribution in [3.05, 3.63) is 59.7 Å². The number of para-hydroxylation sites is 1. The zero-order valence-electron chi connectivity index (χ0n) is 15.1. The van der Waals surface area contributed by atoms with E-state index >= 15 is 0 Å². The molecule has 3 rings (SSSR count). The van der Waals surface area contributed by atoms with Crippen LogP contribution in [-0.4, -0.2) is 31.6 Å². The minimum Gasteiger partial charge on any atom is -0.488 e. The van der Waals surface area contributed by atoms with Crippen LogP contribution in [0.1, 0.15) is 18.1 Å². The number of carbonyl (C=O) groups is 1. The van der Waals surface area contributed by atoms with E-state index in [-0.39, 0.29) is 12.0 Å². The highest BCUT2D eigenvalue weighted by Crippen LogP contribution is 2.27. The van der Waals surface area contributed by atoms with Crippen molar-refractivity contribution in [3.8, 4) is 5.75 Å². The number of amides is 1. The van der Waals surface area contributed by atoms with Gasteiger partial charge in [-0.2, -0.15) is 0 Å². The van der Waals surface area contributed by atoms with Crippen molar-refractivity contribution in [2.45, 2.75) is 26.0 Å². The van der Waals surface area contributed by atoms with Crippen molar-refractivity contribution in [2.75, 3.05) is 18.9 Å². The Morgan fingerprint density at radius 3 is 2.81 bits per heavy atom. The summed E-state index contributed by atoms with van der Waals surface area (Å²) in [6.45, 7) is 2.79. The molecule has 0 aliphatic carbocycles. The van der Waals surface area contributed by atoms with Gasteiger partial charge < -0.3 is 20.7 Å². The van der Waals surface area contributed by atoms with Crippen molar-refractivity contribution in [1.82, 2.24) is 10.6 Å². The minimum absolute atomic E-state index is 0.0786. The van der Waals surface area contributed by atoms with E-state index < -0.39 is 0 Å². The van der Waals surface area contributed by atoms with Crippen LogP contribution in [0.2, 0.25) is 0 Å². The number of anilines is 1. The second-order valence-electron chi connectivity index (χ2n) is 6.24. The van der Waals surface area contributed by atoms with Crippen LogP contribution in [0, 0.1) is 0 Å². The third-order valence-electron chi connectivity index (χ3n) is 4.14. The van der Waals surface area contributed by atoms with Crippen LogP contribution >= 0.6 is 0 Å². The van der Waals surface area contributed by atoms with Gasteiger partial charge >= 0.3 is 0 Å². The van der Waals surface area contributed by atoms with Crippen molar-refractivity contribution >= 4 is 17.6 Å². The smallest absolute Gasteiger partial charge is 0.221 e. The number of rotatable bonds is 5. The van der Waals surface area contributed by atoms with Crippen LogP contribution in [0.25, 0.3) is 0 Å². The Morgan fingerprint density at radius 1 is 1.19 bits per heavy atom. The molecule has 6 heteroatoms. The molecule has 2 aromatic rings. The topological polar surface area (TPSA) is 74.8 Å². The Hall–Kier alpha value is -3.02. The summed E-state index contributed by atoms with van der Waals surface area (Å²) in [6.07, 6.45) is 1.01. The lowest BCUT2D eigenvalue weighted by Crippen LogP contribution is -2.41. The van der Waals surface area contributed by atoms with E-state index in [0.717, 1.165) is 29.4 Å². The lowest BCUT2D eigenvalue weighted by molar-refractivity contribution is -0.114. The normalized spacial score (nSPS) is 15.8. The first-order valence-electron chi connectivity index (χ1n) is 8.69. The Bertz CT molecular complexity index is 779. The number of ether oxygens (including phenoxy) is 1. The summed E-state index contributed by atoms with van der Waals surface area (Å²) in [5.41, 5.74) is 3.10. The van der Waals surface area contributed by atoms with E-state index in [1.165, 1.54) is 12.5 Å². The van der Waals surface area contributed by atoms with Crippen LogP contribution in [-0.2, 0) is 17.8 Å². The highest BCUT2D eigenvalue weighted by Gasteiger charge is 2.22. The molecule has 1 atom stereocenters. The maximum atomic E-state index is 11.2. The van der Waals surface area contributed by atoms with Gasteiger partial charge in [0.2, 0.25) is 5.91 Å². The Balaban J connectivity index is 1.48. The first-order valence-corrected chi connectivity index (χ1v) is 8.69. The molecule has 0 fully saturated rings. The molecular formula is C20H24N4O2. The van der Waals surface area contributed by atoms with Gasteiger partial charge in [0.1, 0.15) is 11.9 Å². The summed E-state index contributed by atoms with van der Waals surface area (Å²) in [4.78, 5) is 15.4. The average molecular weight is 352 g/mol. The number of hydrogen-bond donors (Lipinski definition) is 3. The third kappa shape index (κ3) is 4.75. The number of carbonyl (C=O) groups excluding carboxylic acids is 1. The standard InChI is InChI=1S/C20H24N4O2/c1-14(25)24-17-8-5-6-15(10-17)12-22-20(21-2)23-13-18-11-16-7-3-4-9-19(16)26-18/h3-10,18H,11-13H2,1-2H3,(H,24,25)(H2,21,22,23). The number of hydrogen-bond acceptors (Lipinski definition) is 3. The summed E-state index contributed by atoms with van der Waals surface area (Å²) >= 11 is 0. The Kier molecular flexibility index (Phi) is 5.73. The molecule has 1 unspecified atom stereocenters. The quantitative estimate of drug-likeness (QED) is 0.570. The Morgan fingerprint density at radius 2 is 2.04 bits per heavy atom. The van der Waals surface area contributed by atoms with Gasteiger partial charge in [0.25, 0.3) is 0 Å². The number of aliphatic imine (C=N–C) groups is 1. The van der Waals surface area contributed by atoms with Crippen LogP contribution in [0.15, 0.2) is 53.5 Å². The average Bonchev–Trinajstić information content (AvgIpc) is 3.04. The van der Waals surface area contributed by atoms with E-state index in [1.54, 1.807) is 7.05 Å². The zero-order valence-corrected chi connectivity index (χ0v) is 15.1. The molecule has 0 saturated heterocycles. The van der Waals surface area contributed by atoms with E-state index in [0.29, 0.717) is 13.1 Å². The van der Waals surface area contributed by atoms with Gasteiger partial charge in [0.05, 0.1) is 6.54 Å². The van der Waals surface area contributed by atoms with Crippen LogP contribution in [0.3, 0.4) is 0 Å². The number of fused-ring (bicyclic) bond motifs is 1. The van der Waals surface area contributed by atoms with Gasteiger partial charge in [-0.25, -0.2) is 0 Å². The first kappa shape index (κ1) is 17.8. The minimum atomic E-state index is -0.0786. The second-order valence-corrected chi connectivity index (χ2v) is 6.24. The molecule has 2 aromatic carbocycles. The summed E-state index contributed by atoms with van der Waals surface area (Å²) < 4.78 is 5.93. The fourth-order valence-electron chi connectivity index (χ4n) is 2.95. The maximum absolute atomic E-state index is 11.2. The van der Waals surface area contributed by atoms with Gasteiger partial charge in [0.15, 0.2) is 5.96 Å². The number of nitrogens with zero attached hydrogens (tertiary/aromatic N) is 1. The molecule has 0 saturated carbocycles. The molecule has 6 nitrogen and oxygen atoms in total. The van der Waals surface area contributed by atoms with Gasteiger partial charge in [-0.15, -0.1) is 0 Å². The highest BCUT2D eigenvalue weighted by molar-refractivity contribution is 5.88. The van der Waals surface area contributed by atoms with Crippen LogP contribution < -0.4 is 20.7 Å². The van der Waals surface area contributed by atoms with E-state index in [1.807, 2.05) is 42.5 Å². The molecule has 136 valence electrons. The molecule has 26 heavy (non-hydrogen) atoms. The summed E-state index contributed by atoms with van der Waals surface area (Å²) in [6, 6.07) is 15.9. The number of nitrogens with one attached hydrogen (secondary N) is 3. The van der Waals surface area contributed by atoms with E-state index in [4.69, 9.17) is 4.74 Å². The lowest BCUT2D eigenvalue weighted by atomic mass is 10.1. The SMILES string of the molecule is CN=C(NCc1cccc(NC(C)=O)c1)NCC1Cc2ccccc2O1. The largest absolute Gasteiger partial charge is 0.488 e. The number of benzene rings is 2. The molecule has 3 N–H and O–H groups in total. The van der Waals surface area contributed by atoms with Crippen LogP contribution in [0.5, 0.6) is 5.75 Å². The van der Waals surface area contributed by atoms with E-state index in [9.17, 15) is 4.79 Å². The van der Waals surface area contributed by atoms with Gasteiger partial charge in [-0.3, -0.25) is 9.79 Å². The first-order chi connectivity index (χ1) is 12.6. The van der Waals surface area contributed by atoms with Gasteiger partial charge in [-0.1, -0.05) is 30.3 Å².